The molecule has 1 fully saturated rings. The van der Waals surface area contributed by atoms with Crippen LogP contribution < -0.4 is 4.90 Å². The Hall–Kier alpha value is -4.83. The fourth-order valence-corrected chi connectivity index (χ4v) is 7.58. The Balaban J connectivity index is 1.31. The average Bonchev–Trinajstić information content (AvgIpc) is 3.42. The summed E-state index contributed by atoms with van der Waals surface area (Å²) in [6.07, 6.45) is 13.2. The number of allylic oxidation sites excluding steroid dienone is 4. The molecule has 8 rings (SSSR count). The fourth-order valence-electron chi connectivity index (χ4n) is 7.58. The second-order valence-electron chi connectivity index (χ2n) is 11.8. The largest absolute Gasteiger partial charge is 0.339 e. The number of anilines is 1. The third-order valence-corrected chi connectivity index (χ3v) is 9.53. The van der Waals surface area contributed by atoms with E-state index in [9.17, 15) is 9.59 Å². The van der Waals surface area contributed by atoms with Crippen molar-refractivity contribution in [1.82, 2.24) is 4.98 Å². The first kappa shape index (κ1) is 24.9. The summed E-state index contributed by atoms with van der Waals surface area (Å²) in [4.78, 5) is 34.0. The molecule has 4 heteroatoms. The number of ketones is 2. The van der Waals surface area contributed by atoms with Crippen LogP contribution in [-0.2, 0) is 12.0 Å². The molecule has 3 aliphatic rings. The van der Waals surface area contributed by atoms with E-state index in [1.165, 1.54) is 39.7 Å². The number of carbonyl (C=O) groups is 2. The molecule has 1 saturated carbocycles. The molecule has 0 saturated heterocycles. The van der Waals surface area contributed by atoms with E-state index in [2.05, 4.69) is 64.5 Å². The summed E-state index contributed by atoms with van der Waals surface area (Å²) in [5.74, 6) is -0.367. The molecule has 1 spiro atoms. The van der Waals surface area contributed by atoms with Crippen LogP contribution in [0.15, 0.2) is 121 Å². The lowest BCUT2D eigenvalue weighted by Crippen LogP contribution is -2.33. The maximum Gasteiger partial charge on any atom is 0.197 e. The maximum atomic E-state index is 13.7. The number of hydrogen-bond acceptors (Lipinski definition) is 4. The molecule has 1 aromatic heterocycles. The van der Waals surface area contributed by atoms with Gasteiger partial charge in [0.25, 0.3) is 0 Å². The van der Waals surface area contributed by atoms with Crippen molar-refractivity contribution in [3.05, 3.63) is 143 Å². The number of pyridine rings is 1. The molecule has 2 heterocycles. The molecular weight excluding hydrogens is 516 g/mol. The minimum atomic E-state index is -0.183. The van der Waals surface area contributed by atoms with E-state index in [4.69, 9.17) is 0 Å². The second-order valence-corrected chi connectivity index (χ2v) is 11.8. The van der Waals surface area contributed by atoms with Gasteiger partial charge in [0.2, 0.25) is 0 Å². The number of nitrogens with zero attached hydrogens (tertiary/aromatic N) is 2. The molecule has 0 bridgehead atoms. The van der Waals surface area contributed by atoms with Gasteiger partial charge < -0.3 is 4.90 Å². The van der Waals surface area contributed by atoms with Gasteiger partial charge in [0.15, 0.2) is 11.6 Å². The van der Waals surface area contributed by atoms with Crippen LogP contribution in [0.3, 0.4) is 0 Å². The van der Waals surface area contributed by atoms with Crippen LogP contribution >= 0.6 is 0 Å². The first-order chi connectivity index (χ1) is 20.6. The lowest BCUT2D eigenvalue weighted by molar-refractivity contribution is 0.0988. The van der Waals surface area contributed by atoms with E-state index in [1.807, 2.05) is 54.9 Å². The topological polar surface area (TPSA) is 50.3 Å². The number of rotatable bonds is 3. The summed E-state index contributed by atoms with van der Waals surface area (Å²) < 4.78 is 0. The highest BCUT2D eigenvalue weighted by Gasteiger charge is 2.48. The molecule has 42 heavy (non-hydrogen) atoms. The highest BCUT2D eigenvalue weighted by atomic mass is 16.2. The molecule has 4 aromatic carbocycles. The highest BCUT2D eigenvalue weighted by Crippen LogP contribution is 2.57. The van der Waals surface area contributed by atoms with Gasteiger partial charge in [-0.1, -0.05) is 73.9 Å². The zero-order valence-electron chi connectivity index (χ0n) is 23.3. The third kappa shape index (κ3) is 3.71. The molecule has 0 unspecified atom stereocenters. The molecule has 0 atom stereocenters. The van der Waals surface area contributed by atoms with E-state index >= 15 is 0 Å². The van der Waals surface area contributed by atoms with Crippen molar-refractivity contribution in [3.63, 3.8) is 0 Å². The van der Waals surface area contributed by atoms with Gasteiger partial charge in [-0.2, -0.15) is 0 Å². The number of aromatic nitrogens is 1. The van der Waals surface area contributed by atoms with Gasteiger partial charge in [-0.15, -0.1) is 0 Å². The predicted molar refractivity (Wildman–Crippen MR) is 168 cm³/mol. The quantitative estimate of drug-likeness (QED) is 0.168. The molecular formula is C38H30N2O2. The van der Waals surface area contributed by atoms with Crippen LogP contribution in [0.2, 0.25) is 0 Å². The van der Waals surface area contributed by atoms with Crippen LogP contribution in [0.4, 0.5) is 5.69 Å². The Labute approximate surface area is 245 Å². The summed E-state index contributed by atoms with van der Waals surface area (Å²) in [6, 6.07) is 28.9. The number of Topliss-reactive ketones (excluding diaryl/α,β-unsaturated/α-hetero) is 2. The first-order valence-electron chi connectivity index (χ1n) is 14.9. The van der Waals surface area contributed by atoms with Crippen molar-refractivity contribution in [2.45, 2.75) is 44.1 Å². The third-order valence-electron chi connectivity index (χ3n) is 9.53. The van der Waals surface area contributed by atoms with Gasteiger partial charge in [-0.25, -0.2) is 0 Å². The van der Waals surface area contributed by atoms with Crippen molar-refractivity contribution in [2.75, 3.05) is 4.90 Å². The van der Waals surface area contributed by atoms with Crippen molar-refractivity contribution in [2.24, 2.45) is 0 Å². The van der Waals surface area contributed by atoms with Crippen molar-refractivity contribution in [3.8, 4) is 0 Å². The second kappa shape index (κ2) is 9.63. The number of carbonyl (C=O) groups excluding carboxylic acids is 2. The van der Waals surface area contributed by atoms with Crippen LogP contribution in [0.5, 0.6) is 0 Å². The minimum absolute atomic E-state index is 0.176. The lowest BCUT2D eigenvalue weighted by Gasteiger charge is -2.37. The molecule has 0 N–H and O–H groups in total. The number of benzene rings is 4. The van der Waals surface area contributed by atoms with Crippen LogP contribution in [0.25, 0.3) is 21.5 Å². The van der Waals surface area contributed by atoms with Crippen LogP contribution in [-0.4, -0.2) is 16.6 Å². The monoisotopic (exact) mass is 546 g/mol. The van der Waals surface area contributed by atoms with E-state index < -0.39 is 0 Å². The van der Waals surface area contributed by atoms with Crippen molar-refractivity contribution < 1.29 is 9.59 Å². The van der Waals surface area contributed by atoms with E-state index in [1.54, 1.807) is 0 Å². The Kier molecular flexibility index (Phi) is 5.71. The molecule has 204 valence electrons. The predicted octanol–water partition coefficient (Wildman–Crippen LogP) is 8.50. The van der Waals surface area contributed by atoms with Gasteiger partial charge in [0.1, 0.15) is 0 Å². The van der Waals surface area contributed by atoms with Gasteiger partial charge >= 0.3 is 0 Å². The summed E-state index contributed by atoms with van der Waals surface area (Å²) >= 11 is 0. The molecule has 1 aliphatic heterocycles. The zero-order valence-corrected chi connectivity index (χ0v) is 23.3. The lowest BCUT2D eigenvalue weighted by atomic mass is 9.67. The van der Waals surface area contributed by atoms with Crippen LogP contribution in [0, 0.1) is 0 Å². The number of fused-ring (bicyclic) bond motifs is 6. The Morgan fingerprint density at radius 2 is 1.36 bits per heavy atom. The maximum absolute atomic E-state index is 13.7. The fraction of sp³-hybridized carbons (Fsp3) is 0.184. The summed E-state index contributed by atoms with van der Waals surface area (Å²) in [7, 11) is 0. The van der Waals surface area contributed by atoms with Gasteiger partial charge in [-0.3, -0.25) is 14.6 Å². The summed E-state index contributed by atoms with van der Waals surface area (Å²) in [5, 5.41) is 4.48. The first-order valence-corrected chi connectivity index (χ1v) is 14.9. The smallest absolute Gasteiger partial charge is 0.197 e. The zero-order chi connectivity index (χ0) is 28.3. The molecule has 5 aromatic rings. The Morgan fingerprint density at radius 1 is 0.714 bits per heavy atom. The van der Waals surface area contributed by atoms with E-state index in [-0.39, 0.29) is 22.6 Å². The summed E-state index contributed by atoms with van der Waals surface area (Å²) in [5.41, 5.74) is 6.04. The molecule has 4 nitrogen and oxygen atoms in total. The minimum Gasteiger partial charge on any atom is -0.339 e. The van der Waals surface area contributed by atoms with Crippen LogP contribution in [0.1, 0.15) is 63.9 Å². The highest BCUT2D eigenvalue weighted by molar-refractivity contribution is 6.40. The standard InChI is InChI=1S/C38H30N2O2/c41-36-30(37(42)32-23-28-10-3-2-9-27(28)22-31(32)36)13-15-34-38(18-6-1-7-19-38)35-29-11-5-4-8-26(29)12-14-33(35)40(34)24-25-16-20-39-21-17-25/h2-5,8-17,20-23H,1,6-7,18-19,24H2/b34-15+. The van der Waals surface area contributed by atoms with Crippen molar-refractivity contribution >= 4 is 38.8 Å². The van der Waals surface area contributed by atoms with Gasteiger partial charge in [0, 0.05) is 46.9 Å². The van der Waals surface area contributed by atoms with Gasteiger partial charge in [-0.05, 0) is 88.0 Å². The number of hydrogen-bond donors (Lipinski definition) is 0. The molecule has 0 radical (unpaired) electrons. The summed E-state index contributed by atoms with van der Waals surface area (Å²) in [6.45, 7) is 0.693. The van der Waals surface area contributed by atoms with Crippen molar-refractivity contribution in [1.29, 1.82) is 0 Å². The SMILES string of the molecule is O=C1C(=C/C=C2/N(Cc3ccncc3)c3ccc4ccccc4c3C23CCCCC3)C(=O)c2cc3ccccc3cc21. The Morgan fingerprint density at radius 3 is 2.05 bits per heavy atom. The van der Waals surface area contributed by atoms with Gasteiger partial charge in [0.05, 0.1) is 5.57 Å². The molecule has 0 amide bonds. The molecule has 2 aliphatic carbocycles. The Bertz CT molecular complexity index is 1920. The van der Waals surface area contributed by atoms with E-state index in [0.29, 0.717) is 17.7 Å². The van der Waals surface area contributed by atoms with E-state index in [0.717, 1.165) is 36.5 Å². The normalized spacial score (nSPS) is 18.3. The average molecular weight is 547 g/mol.